The minimum atomic E-state index is -0.894. The van der Waals surface area contributed by atoms with E-state index in [1.54, 1.807) is 0 Å². The maximum absolute atomic E-state index is 12.9. The Kier molecular flexibility index (Phi) is 14.9. The molecular weight excluding hydrogens is 961 g/mol. The summed E-state index contributed by atoms with van der Waals surface area (Å²) in [6.45, 7) is 39.3. The fourth-order valence-corrected chi connectivity index (χ4v) is 14.0. The van der Waals surface area contributed by atoms with Gasteiger partial charge in [-0.2, -0.15) is 0 Å². The van der Waals surface area contributed by atoms with E-state index in [-0.39, 0.29) is 25.7 Å². The summed E-state index contributed by atoms with van der Waals surface area (Å²) in [4.78, 5) is 46.3. The van der Waals surface area contributed by atoms with Crippen LogP contribution in [0.25, 0.3) is 88.9 Å². The number of nitrogens with zero attached hydrogens (tertiary/aromatic N) is 2. The van der Waals surface area contributed by atoms with Gasteiger partial charge in [0.15, 0.2) is 0 Å². The van der Waals surface area contributed by atoms with Crippen LogP contribution in [0.1, 0.15) is 165 Å². The van der Waals surface area contributed by atoms with E-state index in [1.165, 1.54) is 11.1 Å². The van der Waals surface area contributed by atoms with E-state index in [0.29, 0.717) is 12.1 Å². The fourth-order valence-electron chi connectivity index (χ4n) is 14.0. The highest BCUT2D eigenvalue weighted by Crippen LogP contribution is 2.51. The Bertz CT molecular complexity index is 3910. The van der Waals surface area contributed by atoms with Crippen LogP contribution in [0.2, 0.25) is 0 Å². The quantitative estimate of drug-likeness (QED) is 0.0964. The van der Waals surface area contributed by atoms with Crippen molar-refractivity contribution in [3.05, 3.63) is 160 Å². The van der Waals surface area contributed by atoms with E-state index in [1.807, 2.05) is 0 Å². The molecule has 8 heteroatoms. The second-order valence-corrected chi connectivity index (χ2v) is 22.9. The molecule has 7 aromatic rings. The number of nitrogens with one attached hydrogen (secondary N) is 2. The summed E-state index contributed by atoms with van der Waals surface area (Å²) in [6.07, 6.45) is 1.71. The first-order valence-corrected chi connectivity index (χ1v) is 27.9. The van der Waals surface area contributed by atoms with Gasteiger partial charge in [0.25, 0.3) is 0 Å². The molecule has 402 valence electrons. The Morgan fingerprint density at radius 1 is 0.372 bits per heavy atom. The molecule has 9 rings (SSSR count). The van der Waals surface area contributed by atoms with Crippen LogP contribution in [0.4, 0.5) is 0 Å². The van der Waals surface area contributed by atoms with E-state index >= 15 is 0 Å². The molecule has 78 heavy (non-hydrogen) atoms. The molecule has 0 saturated carbocycles. The minimum absolute atomic E-state index is 0.101. The largest absolute Gasteiger partial charge is 0.481 e. The van der Waals surface area contributed by atoms with Gasteiger partial charge in [-0.05, 0) is 248 Å². The summed E-state index contributed by atoms with van der Waals surface area (Å²) in [5.41, 5.74) is 36.7. The van der Waals surface area contributed by atoms with E-state index in [9.17, 15) is 19.8 Å². The molecule has 0 radical (unpaired) electrons. The number of aromatic nitrogens is 4. The first-order valence-electron chi connectivity index (χ1n) is 27.9. The number of aliphatic carboxylic acids is 2. The monoisotopic (exact) mass is 1040 g/mol. The predicted molar refractivity (Wildman–Crippen MR) is 327 cm³/mol. The molecule has 0 aliphatic carbocycles. The average molecular weight is 1040 g/mol. The van der Waals surface area contributed by atoms with Crippen LogP contribution < -0.4 is 0 Å². The smallest absolute Gasteiger partial charge is 0.303 e. The van der Waals surface area contributed by atoms with Gasteiger partial charge in [-0.3, -0.25) is 9.59 Å². The molecule has 0 fully saturated rings. The second kappa shape index (κ2) is 21.0. The highest BCUT2D eigenvalue weighted by molar-refractivity contribution is 6.10. The number of allylic oxidation sites excluding steroid dienone is 4. The Morgan fingerprint density at radius 2 is 0.667 bits per heavy atom. The van der Waals surface area contributed by atoms with Gasteiger partial charge in [-0.1, -0.05) is 84.6 Å². The summed E-state index contributed by atoms with van der Waals surface area (Å²) in [5, 5.41) is 21.2. The molecule has 0 spiro atoms. The van der Waals surface area contributed by atoms with Crippen LogP contribution in [0.15, 0.2) is 48.5 Å². The Balaban J connectivity index is 1.75. The molecule has 3 aromatic heterocycles. The lowest BCUT2D eigenvalue weighted by Gasteiger charge is -2.16. The van der Waals surface area contributed by atoms with Crippen molar-refractivity contribution in [1.82, 2.24) is 19.9 Å². The van der Waals surface area contributed by atoms with Gasteiger partial charge in [0.1, 0.15) is 0 Å². The standard InChI is InChI=1S/C70H78N4O4/c1-19-49-45(15)63-59(55-37(7)25-33(3)26-38(55)8)65-47(17)51(21-23-53(75)76)69(73-65)62(58-43(13)31-36(6)32-44(58)14)70-52(22-24-54(77)78)48(18)66(74-70)61(57-41(11)29-35(5)30-42(57)12)68-50(20-2)46(16)64(72-68)60(67(49)71-63)56-39(9)27-34(4)28-40(56)10/h25-32,71,74H,19-24H2,1-18H3,(H,75,76)(H,77,78). The first-order chi connectivity index (χ1) is 36.9. The lowest BCUT2D eigenvalue weighted by atomic mass is 9.87. The third-order valence-electron chi connectivity index (χ3n) is 16.9. The van der Waals surface area contributed by atoms with Crippen molar-refractivity contribution < 1.29 is 19.8 Å². The van der Waals surface area contributed by atoms with E-state index in [2.05, 4.69) is 183 Å². The first kappa shape index (κ1) is 55.2. The normalized spacial score (nSPS) is 12.6. The predicted octanol–water partition coefficient (Wildman–Crippen LogP) is 18.0. The molecule has 0 unspecified atom stereocenters. The summed E-state index contributed by atoms with van der Waals surface area (Å²) < 4.78 is 0. The van der Waals surface area contributed by atoms with Crippen molar-refractivity contribution in [2.75, 3.05) is 0 Å². The molecule has 8 nitrogen and oxygen atoms in total. The van der Waals surface area contributed by atoms with Crippen molar-refractivity contribution in [3.63, 3.8) is 0 Å². The average Bonchev–Trinajstić information content (AvgIpc) is 4.20. The third kappa shape index (κ3) is 9.35. The Labute approximate surface area is 461 Å². The van der Waals surface area contributed by atoms with Crippen LogP contribution in [0.3, 0.4) is 0 Å². The van der Waals surface area contributed by atoms with Crippen molar-refractivity contribution in [2.45, 2.75) is 163 Å². The van der Waals surface area contributed by atoms with Gasteiger partial charge in [0.2, 0.25) is 0 Å². The molecule has 8 bridgehead atoms. The lowest BCUT2D eigenvalue weighted by molar-refractivity contribution is -0.137. The fraction of sp³-hybridized carbons (Fsp3) is 0.343. The molecule has 5 heterocycles. The maximum atomic E-state index is 12.9. The van der Waals surface area contributed by atoms with Crippen LogP contribution in [0, 0.1) is 96.9 Å². The number of aryl methyl sites for hydroxylation is 16. The van der Waals surface area contributed by atoms with Gasteiger partial charge in [0.05, 0.1) is 44.8 Å². The van der Waals surface area contributed by atoms with Crippen molar-refractivity contribution in [1.29, 1.82) is 0 Å². The molecule has 0 atom stereocenters. The topological polar surface area (TPSA) is 132 Å². The van der Waals surface area contributed by atoms with Crippen molar-refractivity contribution >= 4 is 56.3 Å². The van der Waals surface area contributed by atoms with Gasteiger partial charge in [-0.25, -0.2) is 9.97 Å². The van der Waals surface area contributed by atoms with Gasteiger partial charge < -0.3 is 20.2 Å². The molecule has 4 N–H and O–H groups in total. The van der Waals surface area contributed by atoms with Crippen LogP contribution in [0.5, 0.6) is 0 Å². The minimum Gasteiger partial charge on any atom is -0.481 e. The Morgan fingerprint density at radius 3 is 1.03 bits per heavy atom. The number of carboxylic acid groups (broad SMARTS) is 2. The number of fused-ring (bicyclic) bond motifs is 8. The van der Waals surface area contributed by atoms with Gasteiger partial charge in [0, 0.05) is 35.1 Å². The van der Waals surface area contributed by atoms with E-state index in [0.717, 1.165) is 190 Å². The summed E-state index contributed by atoms with van der Waals surface area (Å²) in [5.74, 6) is -1.79. The number of rotatable bonds is 12. The van der Waals surface area contributed by atoms with Crippen LogP contribution in [-0.4, -0.2) is 42.1 Å². The summed E-state index contributed by atoms with van der Waals surface area (Å²) in [7, 11) is 0. The van der Waals surface area contributed by atoms with Crippen LogP contribution >= 0.6 is 0 Å². The highest BCUT2D eigenvalue weighted by atomic mass is 16.4. The maximum Gasteiger partial charge on any atom is 0.303 e. The second-order valence-electron chi connectivity index (χ2n) is 22.9. The van der Waals surface area contributed by atoms with Gasteiger partial charge >= 0.3 is 11.9 Å². The van der Waals surface area contributed by atoms with Crippen molar-refractivity contribution in [2.24, 2.45) is 0 Å². The van der Waals surface area contributed by atoms with E-state index < -0.39 is 11.9 Å². The summed E-state index contributed by atoms with van der Waals surface area (Å²) in [6, 6.07) is 18.0. The summed E-state index contributed by atoms with van der Waals surface area (Å²) >= 11 is 0. The number of aromatic amines is 2. The lowest BCUT2D eigenvalue weighted by Crippen LogP contribution is -2.01. The number of hydrogen-bond acceptors (Lipinski definition) is 4. The molecule has 0 saturated heterocycles. The van der Waals surface area contributed by atoms with Crippen LogP contribution in [-0.2, 0) is 22.4 Å². The number of H-pyrrole nitrogens is 2. The zero-order valence-corrected chi connectivity index (χ0v) is 49.5. The number of carbonyl (C=O) groups is 2. The molecule has 0 amide bonds. The highest BCUT2D eigenvalue weighted by Gasteiger charge is 2.33. The van der Waals surface area contributed by atoms with Gasteiger partial charge in [-0.15, -0.1) is 0 Å². The molecule has 4 aromatic carbocycles. The zero-order chi connectivity index (χ0) is 56.7. The van der Waals surface area contributed by atoms with Crippen molar-refractivity contribution in [3.8, 4) is 44.5 Å². The number of hydrogen-bond donors (Lipinski definition) is 4. The molecule has 2 aliphatic rings. The number of benzene rings is 4. The SMILES string of the molecule is CCC1=C(C)c2nc1c(-c1c(C)cc(C)cc1C)c1[nH]c(c(CCC(=O)O)c1C)c(-c1c(C)cc(C)cc1C)c1nc(c(-c3c(C)cc(C)cc3C)c3[nH]c(c(CC)c3C)c2-c2c(C)cc(C)cc2C)C(C)=C1CCC(=O)O. The molecule has 2 aliphatic heterocycles. The number of carboxylic acids is 2. The zero-order valence-electron chi connectivity index (χ0n) is 49.5. The molecular formula is C70H78N4O4. The van der Waals surface area contributed by atoms with E-state index in [4.69, 9.17) is 9.97 Å². The Hall–Kier alpha value is -7.58. The third-order valence-corrected chi connectivity index (χ3v) is 16.9.